The van der Waals surface area contributed by atoms with Crippen LogP contribution in [0.1, 0.15) is 25.8 Å². The van der Waals surface area contributed by atoms with Crippen LogP contribution in [0.4, 0.5) is 4.39 Å². The SMILES string of the molecule is CCOC(CC)C(Cc1cc(Cl)ccc1F)NN. The highest BCUT2D eigenvalue weighted by Crippen LogP contribution is 2.18. The van der Waals surface area contributed by atoms with Crippen molar-refractivity contribution in [3.63, 3.8) is 0 Å². The molecule has 5 heteroatoms. The second-order valence-corrected chi connectivity index (χ2v) is 4.55. The summed E-state index contributed by atoms with van der Waals surface area (Å²) >= 11 is 5.87. The molecule has 18 heavy (non-hydrogen) atoms. The van der Waals surface area contributed by atoms with E-state index in [1.807, 2.05) is 13.8 Å². The molecule has 2 unspecified atom stereocenters. The molecule has 0 aliphatic rings. The smallest absolute Gasteiger partial charge is 0.126 e. The van der Waals surface area contributed by atoms with E-state index in [1.54, 1.807) is 6.07 Å². The molecule has 1 aromatic carbocycles. The van der Waals surface area contributed by atoms with E-state index in [0.29, 0.717) is 23.6 Å². The Hall–Kier alpha value is -0.680. The Morgan fingerprint density at radius 3 is 2.72 bits per heavy atom. The van der Waals surface area contributed by atoms with Crippen LogP contribution in [0.15, 0.2) is 18.2 Å². The van der Waals surface area contributed by atoms with Gasteiger partial charge in [0.2, 0.25) is 0 Å². The van der Waals surface area contributed by atoms with Crippen LogP contribution in [0, 0.1) is 5.82 Å². The molecule has 0 fully saturated rings. The Labute approximate surface area is 112 Å². The fourth-order valence-electron chi connectivity index (χ4n) is 1.97. The lowest BCUT2D eigenvalue weighted by molar-refractivity contribution is 0.0317. The number of rotatable bonds is 7. The van der Waals surface area contributed by atoms with Gasteiger partial charge < -0.3 is 4.74 Å². The van der Waals surface area contributed by atoms with Crippen LogP contribution in [0.3, 0.4) is 0 Å². The number of hydrazine groups is 1. The highest BCUT2D eigenvalue weighted by Gasteiger charge is 2.21. The summed E-state index contributed by atoms with van der Waals surface area (Å²) in [5.74, 6) is 5.26. The van der Waals surface area contributed by atoms with Crippen LogP contribution in [-0.4, -0.2) is 18.8 Å². The average molecular weight is 275 g/mol. The van der Waals surface area contributed by atoms with Gasteiger partial charge in [-0.3, -0.25) is 11.3 Å². The molecular weight excluding hydrogens is 255 g/mol. The maximum absolute atomic E-state index is 13.7. The first-order valence-electron chi connectivity index (χ1n) is 6.14. The van der Waals surface area contributed by atoms with Crippen LogP contribution in [-0.2, 0) is 11.2 Å². The van der Waals surface area contributed by atoms with Crippen molar-refractivity contribution in [3.8, 4) is 0 Å². The second kappa shape index (κ2) is 7.69. The van der Waals surface area contributed by atoms with E-state index in [9.17, 15) is 4.39 Å². The Morgan fingerprint density at radius 1 is 1.44 bits per heavy atom. The lowest BCUT2D eigenvalue weighted by Gasteiger charge is -2.25. The Balaban J connectivity index is 2.81. The molecule has 0 radical (unpaired) electrons. The van der Waals surface area contributed by atoms with E-state index in [2.05, 4.69) is 5.43 Å². The first-order valence-corrected chi connectivity index (χ1v) is 6.51. The van der Waals surface area contributed by atoms with Crippen LogP contribution in [0.25, 0.3) is 0 Å². The minimum Gasteiger partial charge on any atom is -0.377 e. The van der Waals surface area contributed by atoms with Gasteiger partial charge in [-0.1, -0.05) is 18.5 Å². The van der Waals surface area contributed by atoms with E-state index in [-0.39, 0.29) is 18.0 Å². The van der Waals surface area contributed by atoms with Crippen molar-refractivity contribution in [2.75, 3.05) is 6.61 Å². The number of hydrogen-bond acceptors (Lipinski definition) is 3. The molecule has 3 N–H and O–H groups in total. The van der Waals surface area contributed by atoms with Crippen molar-refractivity contribution in [2.45, 2.75) is 38.8 Å². The third-order valence-electron chi connectivity index (χ3n) is 2.89. The van der Waals surface area contributed by atoms with Gasteiger partial charge in [-0.15, -0.1) is 0 Å². The monoisotopic (exact) mass is 274 g/mol. The summed E-state index contributed by atoms with van der Waals surface area (Å²) in [5, 5.41) is 0.520. The highest BCUT2D eigenvalue weighted by molar-refractivity contribution is 6.30. The molecule has 0 heterocycles. The van der Waals surface area contributed by atoms with Crippen molar-refractivity contribution >= 4 is 11.6 Å². The summed E-state index contributed by atoms with van der Waals surface area (Å²) in [7, 11) is 0. The second-order valence-electron chi connectivity index (χ2n) is 4.12. The predicted octanol–water partition coefficient (Wildman–Crippen LogP) is 2.67. The lowest BCUT2D eigenvalue weighted by Crippen LogP contribution is -2.46. The number of halogens is 2. The summed E-state index contributed by atoms with van der Waals surface area (Å²) < 4.78 is 19.2. The Bertz CT molecular complexity index is 376. The highest BCUT2D eigenvalue weighted by atomic mass is 35.5. The van der Waals surface area contributed by atoms with Crippen molar-refractivity contribution in [3.05, 3.63) is 34.6 Å². The number of benzene rings is 1. The number of hydrogen-bond donors (Lipinski definition) is 2. The molecule has 0 saturated carbocycles. The van der Waals surface area contributed by atoms with Crippen LogP contribution in [0.2, 0.25) is 5.02 Å². The lowest BCUT2D eigenvalue weighted by atomic mass is 9.99. The Kier molecular flexibility index (Phi) is 6.57. The van der Waals surface area contributed by atoms with E-state index in [0.717, 1.165) is 6.42 Å². The molecule has 0 saturated heterocycles. The van der Waals surface area contributed by atoms with Crippen molar-refractivity contribution in [1.29, 1.82) is 0 Å². The summed E-state index contributed by atoms with van der Waals surface area (Å²) in [6, 6.07) is 4.39. The quantitative estimate of drug-likeness (QED) is 0.594. The van der Waals surface area contributed by atoms with E-state index in [4.69, 9.17) is 22.2 Å². The molecule has 0 aromatic heterocycles. The van der Waals surface area contributed by atoms with Gasteiger partial charge in [-0.05, 0) is 43.5 Å². The first-order chi connectivity index (χ1) is 8.62. The van der Waals surface area contributed by atoms with Gasteiger partial charge in [-0.2, -0.15) is 0 Å². The molecule has 0 amide bonds. The fraction of sp³-hybridized carbons (Fsp3) is 0.538. The minimum atomic E-state index is -0.272. The topological polar surface area (TPSA) is 47.3 Å². The predicted molar refractivity (Wildman–Crippen MR) is 71.9 cm³/mol. The van der Waals surface area contributed by atoms with E-state index in [1.165, 1.54) is 12.1 Å². The van der Waals surface area contributed by atoms with Gasteiger partial charge in [0.15, 0.2) is 0 Å². The van der Waals surface area contributed by atoms with Crippen molar-refractivity contribution in [2.24, 2.45) is 5.84 Å². The van der Waals surface area contributed by atoms with Crippen LogP contribution < -0.4 is 11.3 Å². The molecular formula is C13H20ClFN2O. The van der Waals surface area contributed by atoms with Crippen molar-refractivity contribution in [1.82, 2.24) is 5.43 Å². The fourth-order valence-corrected chi connectivity index (χ4v) is 2.16. The number of nitrogens with one attached hydrogen (secondary N) is 1. The minimum absolute atomic E-state index is 0.0432. The van der Waals surface area contributed by atoms with Gasteiger partial charge >= 0.3 is 0 Å². The standard InChI is InChI=1S/C13H20ClFN2O/c1-3-13(18-4-2)12(17-16)8-9-7-10(14)5-6-11(9)15/h5-7,12-13,17H,3-4,8,16H2,1-2H3. The maximum Gasteiger partial charge on any atom is 0.126 e. The summed E-state index contributed by atoms with van der Waals surface area (Å²) in [5.41, 5.74) is 3.24. The van der Waals surface area contributed by atoms with Gasteiger partial charge in [0, 0.05) is 11.6 Å². The maximum atomic E-state index is 13.7. The zero-order chi connectivity index (χ0) is 13.5. The molecule has 1 aromatic rings. The van der Waals surface area contributed by atoms with E-state index < -0.39 is 0 Å². The number of nitrogens with two attached hydrogens (primary N) is 1. The third kappa shape index (κ3) is 4.21. The summed E-state index contributed by atoms with van der Waals surface area (Å²) in [6.45, 7) is 4.55. The van der Waals surface area contributed by atoms with Gasteiger partial charge in [-0.25, -0.2) is 4.39 Å². The van der Waals surface area contributed by atoms with Gasteiger partial charge in [0.25, 0.3) is 0 Å². The summed E-state index contributed by atoms with van der Waals surface area (Å²) in [4.78, 5) is 0. The molecule has 2 atom stereocenters. The molecule has 102 valence electrons. The third-order valence-corrected chi connectivity index (χ3v) is 3.13. The van der Waals surface area contributed by atoms with Crippen LogP contribution in [0.5, 0.6) is 0 Å². The molecule has 0 spiro atoms. The molecule has 0 aliphatic heterocycles. The summed E-state index contributed by atoms with van der Waals surface area (Å²) in [6.07, 6.45) is 1.21. The molecule has 0 bridgehead atoms. The zero-order valence-electron chi connectivity index (χ0n) is 10.7. The van der Waals surface area contributed by atoms with Crippen molar-refractivity contribution < 1.29 is 9.13 Å². The first kappa shape index (κ1) is 15.4. The van der Waals surface area contributed by atoms with Gasteiger partial charge in [0.1, 0.15) is 5.82 Å². The average Bonchev–Trinajstić information content (AvgIpc) is 2.37. The van der Waals surface area contributed by atoms with Crippen LogP contribution >= 0.6 is 11.6 Å². The number of ether oxygens (including phenoxy) is 1. The molecule has 0 aliphatic carbocycles. The normalized spacial score (nSPS) is 14.5. The van der Waals surface area contributed by atoms with E-state index >= 15 is 0 Å². The Morgan fingerprint density at radius 2 is 2.17 bits per heavy atom. The molecule has 3 nitrogen and oxygen atoms in total. The van der Waals surface area contributed by atoms with Gasteiger partial charge in [0.05, 0.1) is 12.1 Å². The largest absolute Gasteiger partial charge is 0.377 e. The molecule has 1 rings (SSSR count). The zero-order valence-corrected chi connectivity index (χ0v) is 11.5.